The molecule has 116 valence electrons. The van der Waals surface area contributed by atoms with Crippen LogP contribution in [0.5, 0.6) is 0 Å². The maximum atomic E-state index is 4.68. The Labute approximate surface area is 132 Å². The Morgan fingerprint density at radius 1 is 1.05 bits per heavy atom. The van der Waals surface area contributed by atoms with Crippen molar-refractivity contribution in [1.29, 1.82) is 0 Å². The van der Waals surface area contributed by atoms with E-state index in [1.165, 1.54) is 45.2 Å². The van der Waals surface area contributed by atoms with Gasteiger partial charge in [-0.3, -0.25) is 0 Å². The molecule has 0 radical (unpaired) electrons. The number of nitrogens with zero attached hydrogens (tertiary/aromatic N) is 4. The van der Waals surface area contributed by atoms with Crippen LogP contribution in [0.25, 0.3) is 0 Å². The Morgan fingerprint density at radius 3 is 2.43 bits per heavy atom. The van der Waals surface area contributed by atoms with E-state index >= 15 is 0 Å². The first-order chi connectivity index (χ1) is 10.3. The summed E-state index contributed by atoms with van der Waals surface area (Å²) < 4.78 is 0. The highest BCUT2D eigenvalue weighted by Gasteiger charge is 2.26. The van der Waals surface area contributed by atoms with Crippen molar-refractivity contribution in [2.24, 2.45) is 0 Å². The summed E-state index contributed by atoms with van der Waals surface area (Å²) in [6, 6.07) is 2.92. The topological polar surface area (TPSA) is 32.3 Å². The number of rotatable bonds is 3. The Hall–Kier alpha value is -0.810. The van der Waals surface area contributed by atoms with E-state index in [1.54, 1.807) is 11.8 Å². The number of thioether (sulfide) groups is 1. The number of aromatic nitrogens is 2. The molecule has 2 saturated heterocycles. The lowest BCUT2D eigenvalue weighted by Gasteiger charge is -2.40. The van der Waals surface area contributed by atoms with Crippen LogP contribution in [0.3, 0.4) is 0 Å². The fourth-order valence-electron chi connectivity index (χ4n) is 3.52. The van der Waals surface area contributed by atoms with Gasteiger partial charge in [0.25, 0.3) is 0 Å². The molecule has 0 aliphatic carbocycles. The fourth-order valence-corrected chi connectivity index (χ4v) is 3.94. The average Bonchev–Trinajstić information content (AvgIpc) is 2.55. The molecule has 0 spiro atoms. The molecule has 21 heavy (non-hydrogen) atoms. The standard InChI is InChI=1S/C16H26N4S/c1-13-12-15(18-16(17-13)21-2)20-10-6-14(7-11-20)19-8-4-3-5-9-19/h12,14H,3-11H2,1-2H3. The third-order valence-electron chi connectivity index (χ3n) is 4.70. The SMILES string of the molecule is CSc1nc(C)cc(N2CCC(N3CCCCC3)CC2)n1. The van der Waals surface area contributed by atoms with Crippen LogP contribution in [-0.4, -0.2) is 53.3 Å². The van der Waals surface area contributed by atoms with Crippen molar-refractivity contribution in [3.63, 3.8) is 0 Å². The molecule has 2 aliphatic heterocycles. The Balaban J connectivity index is 1.61. The van der Waals surface area contributed by atoms with Crippen molar-refractivity contribution in [2.75, 3.05) is 37.3 Å². The van der Waals surface area contributed by atoms with E-state index in [2.05, 4.69) is 32.8 Å². The second-order valence-corrected chi connectivity index (χ2v) is 6.94. The Morgan fingerprint density at radius 2 is 1.76 bits per heavy atom. The predicted molar refractivity (Wildman–Crippen MR) is 89.2 cm³/mol. The summed E-state index contributed by atoms with van der Waals surface area (Å²) in [5, 5.41) is 0.892. The summed E-state index contributed by atoms with van der Waals surface area (Å²) in [7, 11) is 0. The molecule has 0 amide bonds. The minimum Gasteiger partial charge on any atom is -0.356 e. The highest BCUT2D eigenvalue weighted by molar-refractivity contribution is 7.98. The van der Waals surface area contributed by atoms with Crippen molar-refractivity contribution < 1.29 is 0 Å². The smallest absolute Gasteiger partial charge is 0.189 e. The summed E-state index contributed by atoms with van der Waals surface area (Å²) in [5.41, 5.74) is 1.07. The summed E-state index contributed by atoms with van der Waals surface area (Å²) in [5.74, 6) is 1.11. The molecule has 2 aliphatic rings. The third-order valence-corrected chi connectivity index (χ3v) is 5.25. The van der Waals surface area contributed by atoms with E-state index in [0.717, 1.165) is 35.8 Å². The van der Waals surface area contributed by atoms with Gasteiger partial charge < -0.3 is 9.80 Å². The predicted octanol–water partition coefficient (Wildman–Crippen LogP) is 2.96. The van der Waals surface area contributed by atoms with Crippen LogP contribution in [-0.2, 0) is 0 Å². The van der Waals surface area contributed by atoms with Gasteiger partial charge in [0, 0.05) is 30.9 Å². The van der Waals surface area contributed by atoms with Crippen molar-refractivity contribution in [2.45, 2.75) is 50.2 Å². The maximum Gasteiger partial charge on any atom is 0.189 e. The summed E-state index contributed by atoms with van der Waals surface area (Å²) >= 11 is 1.63. The molecule has 0 bridgehead atoms. The van der Waals surface area contributed by atoms with Crippen LogP contribution < -0.4 is 4.90 Å². The van der Waals surface area contributed by atoms with E-state index in [9.17, 15) is 0 Å². The quantitative estimate of drug-likeness (QED) is 0.633. The molecule has 4 nitrogen and oxygen atoms in total. The van der Waals surface area contributed by atoms with Gasteiger partial charge >= 0.3 is 0 Å². The van der Waals surface area contributed by atoms with Crippen LogP contribution in [0.1, 0.15) is 37.8 Å². The molecule has 0 atom stereocenters. The molecule has 0 unspecified atom stereocenters. The molecule has 3 rings (SSSR count). The molecule has 1 aromatic heterocycles. The van der Waals surface area contributed by atoms with Gasteiger partial charge in [0.15, 0.2) is 5.16 Å². The van der Waals surface area contributed by atoms with E-state index in [4.69, 9.17) is 0 Å². The average molecular weight is 306 g/mol. The highest BCUT2D eigenvalue weighted by atomic mass is 32.2. The number of hydrogen-bond donors (Lipinski definition) is 0. The first-order valence-electron chi connectivity index (χ1n) is 8.15. The minimum absolute atomic E-state index is 0.796. The van der Waals surface area contributed by atoms with Gasteiger partial charge in [0.1, 0.15) is 5.82 Å². The number of anilines is 1. The van der Waals surface area contributed by atoms with E-state index in [1.807, 2.05) is 6.26 Å². The van der Waals surface area contributed by atoms with Gasteiger partial charge in [0.05, 0.1) is 0 Å². The molecule has 2 fully saturated rings. The van der Waals surface area contributed by atoms with Crippen molar-refractivity contribution in [3.8, 4) is 0 Å². The minimum atomic E-state index is 0.796. The second-order valence-electron chi connectivity index (χ2n) is 6.17. The maximum absolute atomic E-state index is 4.68. The molecule has 0 N–H and O–H groups in total. The molecular formula is C16H26N4S. The van der Waals surface area contributed by atoms with Gasteiger partial charge in [-0.1, -0.05) is 18.2 Å². The molecule has 5 heteroatoms. The van der Waals surface area contributed by atoms with E-state index < -0.39 is 0 Å². The fraction of sp³-hybridized carbons (Fsp3) is 0.750. The molecular weight excluding hydrogens is 280 g/mol. The zero-order valence-electron chi connectivity index (χ0n) is 13.2. The Bertz CT molecular complexity index is 465. The summed E-state index contributed by atoms with van der Waals surface area (Å²) in [6.07, 6.45) is 8.80. The monoisotopic (exact) mass is 306 g/mol. The second kappa shape index (κ2) is 6.97. The lowest BCUT2D eigenvalue weighted by atomic mass is 10.00. The van der Waals surface area contributed by atoms with Gasteiger partial charge in [0.2, 0.25) is 0 Å². The summed E-state index contributed by atoms with van der Waals surface area (Å²) in [6.45, 7) is 6.95. The lowest BCUT2D eigenvalue weighted by Crippen LogP contribution is -2.47. The molecule has 3 heterocycles. The van der Waals surface area contributed by atoms with Crippen LogP contribution in [0.15, 0.2) is 11.2 Å². The number of piperidine rings is 2. The van der Waals surface area contributed by atoms with Crippen LogP contribution in [0, 0.1) is 6.92 Å². The number of aryl methyl sites for hydroxylation is 1. The molecule has 1 aromatic rings. The first-order valence-corrected chi connectivity index (χ1v) is 9.37. The van der Waals surface area contributed by atoms with Crippen LogP contribution >= 0.6 is 11.8 Å². The van der Waals surface area contributed by atoms with Crippen LogP contribution in [0.4, 0.5) is 5.82 Å². The van der Waals surface area contributed by atoms with Gasteiger partial charge in [-0.05, 0) is 52.0 Å². The molecule has 0 aromatic carbocycles. The zero-order valence-corrected chi connectivity index (χ0v) is 14.0. The number of hydrogen-bond acceptors (Lipinski definition) is 5. The highest BCUT2D eigenvalue weighted by Crippen LogP contribution is 2.25. The third kappa shape index (κ3) is 3.69. The van der Waals surface area contributed by atoms with Crippen molar-refractivity contribution in [3.05, 3.63) is 11.8 Å². The Kier molecular flexibility index (Phi) is 5.01. The number of likely N-dealkylation sites (tertiary alicyclic amines) is 1. The van der Waals surface area contributed by atoms with Crippen molar-refractivity contribution >= 4 is 17.6 Å². The molecule has 0 saturated carbocycles. The lowest BCUT2D eigenvalue weighted by molar-refractivity contribution is 0.141. The largest absolute Gasteiger partial charge is 0.356 e. The zero-order chi connectivity index (χ0) is 14.7. The van der Waals surface area contributed by atoms with E-state index in [-0.39, 0.29) is 0 Å². The first kappa shape index (κ1) is 15.1. The van der Waals surface area contributed by atoms with Crippen LogP contribution in [0.2, 0.25) is 0 Å². The van der Waals surface area contributed by atoms with Gasteiger partial charge in [-0.25, -0.2) is 9.97 Å². The van der Waals surface area contributed by atoms with Crippen molar-refractivity contribution in [1.82, 2.24) is 14.9 Å². The normalized spacial score (nSPS) is 21.7. The van der Waals surface area contributed by atoms with E-state index in [0.29, 0.717) is 0 Å². The van der Waals surface area contributed by atoms with Gasteiger partial charge in [-0.2, -0.15) is 0 Å². The summed E-state index contributed by atoms with van der Waals surface area (Å²) in [4.78, 5) is 14.3. The van der Waals surface area contributed by atoms with Gasteiger partial charge in [-0.15, -0.1) is 0 Å².